The summed E-state index contributed by atoms with van der Waals surface area (Å²) in [7, 11) is 0. The van der Waals surface area contributed by atoms with Crippen molar-refractivity contribution in [3.63, 3.8) is 0 Å². The van der Waals surface area contributed by atoms with E-state index >= 15 is 0 Å². The number of aryl methyl sites for hydroxylation is 1. The summed E-state index contributed by atoms with van der Waals surface area (Å²) >= 11 is 0. The molecule has 24 heavy (non-hydrogen) atoms. The van der Waals surface area contributed by atoms with Crippen LogP contribution in [-0.4, -0.2) is 33.9 Å². The molecule has 0 aliphatic heterocycles. The summed E-state index contributed by atoms with van der Waals surface area (Å²) in [6, 6.07) is 12.5. The van der Waals surface area contributed by atoms with Crippen molar-refractivity contribution >= 4 is 11.8 Å². The molecular formula is C17H21N3O4. The molecule has 0 radical (unpaired) electrons. The standard InChI is InChI=1S/C17H21N3O4/c1-11-7-8-13(18)15(20-11)16(22)14(21)9-19-17(23)24-10-12-5-3-2-4-6-12/h2-8,14,16,21-22H,9-10,18H2,1H3,(H,19,23). The van der Waals surface area contributed by atoms with Gasteiger partial charge in [-0.05, 0) is 24.6 Å². The number of aliphatic hydroxyl groups is 2. The molecule has 5 N–H and O–H groups in total. The predicted molar refractivity (Wildman–Crippen MR) is 89.0 cm³/mol. The van der Waals surface area contributed by atoms with E-state index in [1.54, 1.807) is 19.1 Å². The number of ether oxygens (including phenoxy) is 1. The highest BCUT2D eigenvalue weighted by molar-refractivity contribution is 5.67. The van der Waals surface area contributed by atoms with E-state index < -0.39 is 18.3 Å². The number of nitrogens with one attached hydrogen (secondary N) is 1. The normalized spacial score (nSPS) is 13.1. The summed E-state index contributed by atoms with van der Waals surface area (Å²) in [6.45, 7) is 1.68. The number of carbonyl (C=O) groups excluding carboxylic acids is 1. The molecule has 7 nitrogen and oxygen atoms in total. The third-order valence-corrected chi connectivity index (χ3v) is 3.41. The predicted octanol–water partition coefficient (Wildman–Crippen LogP) is 1.29. The van der Waals surface area contributed by atoms with E-state index in [-0.39, 0.29) is 24.5 Å². The van der Waals surface area contributed by atoms with Crippen LogP contribution in [-0.2, 0) is 11.3 Å². The largest absolute Gasteiger partial charge is 0.445 e. The molecule has 2 unspecified atom stereocenters. The van der Waals surface area contributed by atoms with Crippen LogP contribution >= 0.6 is 0 Å². The SMILES string of the molecule is Cc1ccc(N)c(C(O)C(O)CNC(=O)OCc2ccccc2)n1. The van der Waals surface area contributed by atoms with Crippen LogP contribution in [0.1, 0.15) is 23.1 Å². The number of rotatable bonds is 6. The van der Waals surface area contributed by atoms with Crippen molar-refractivity contribution in [1.82, 2.24) is 10.3 Å². The van der Waals surface area contributed by atoms with Gasteiger partial charge in [-0.3, -0.25) is 4.98 Å². The summed E-state index contributed by atoms with van der Waals surface area (Å²) in [5, 5.41) is 22.5. The van der Waals surface area contributed by atoms with Crippen LogP contribution in [0.25, 0.3) is 0 Å². The number of nitrogen functional groups attached to an aromatic ring is 1. The van der Waals surface area contributed by atoms with Gasteiger partial charge in [0.15, 0.2) is 0 Å². The Bertz CT molecular complexity index is 679. The third kappa shape index (κ3) is 4.94. The summed E-state index contributed by atoms with van der Waals surface area (Å²) in [5.74, 6) is 0. The van der Waals surface area contributed by atoms with Crippen molar-refractivity contribution in [1.29, 1.82) is 0 Å². The Morgan fingerprint density at radius 2 is 1.96 bits per heavy atom. The van der Waals surface area contributed by atoms with Crippen LogP contribution in [0.5, 0.6) is 0 Å². The Labute approximate surface area is 140 Å². The van der Waals surface area contributed by atoms with Gasteiger partial charge in [0.1, 0.15) is 18.8 Å². The molecular weight excluding hydrogens is 310 g/mol. The Kier molecular flexibility index (Phi) is 6.11. The number of hydrogen-bond donors (Lipinski definition) is 4. The number of hydrogen-bond acceptors (Lipinski definition) is 6. The van der Waals surface area contributed by atoms with Gasteiger partial charge in [-0.1, -0.05) is 30.3 Å². The number of nitrogens with two attached hydrogens (primary N) is 1. The zero-order valence-corrected chi connectivity index (χ0v) is 13.3. The van der Waals surface area contributed by atoms with Gasteiger partial charge >= 0.3 is 6.09 Å². The maximum absolute atomic E-state index is 11.6. The Balaban J connectivity index is 1.82. The minimum Gasteiger partial charge on any atom is -0.445 e. The fourth-order valence-corrected chi connectivity index (χ4v) is 2.08. The lowest BCUT2D eigenvalue weighted by Crippen LogP contribution is -2.36. The van der Waals surface area contributed by atoms with E-state index in [1.165, 1.54) is 0 Å². The first kappa shape index (κ1) is 17.7. The minimum absolute atomic E-state index is 0.123. The molecule has 1 amide bonds. The van der Waals surface area contributed by atoms with Gasteiger partial charge in [0.05, 0.1) is 11.4 Å². The molecule has 0 saturated heterocycles. The van der Waals surface area contributed by atoms with Crippen molar-refractivity contribution in [3.05, 3.63) is 59.4 Å². The van der Waals surface area contributed by atoms with Gasteiger partial charge in [-0.2, -0.15) is 0 Å². The molecule has 1 aromatic carbocycles. The second kappa shape index (κ2) is 8.28. The van der Waals surface area contributed by atoms with E-state index in [0.29, 0.717) is 5.69 Å². The quantitative estimate of drug-likeness (QED) is 0.633. The molecule has 2 aromatic rings. The molecule has 128 valence electrons. The summed E-state index contributed by atoms with van der Waals surface area (Å²) in [4.78, 5) is 15.8. The number of amides is 1. The number of aromatic nitrogens is 1. The highest BCUT2D eigenvalue weighted by Gasteiger charge is 2.22. The molecule has 2 atom stereocenters. The lowest BCUT2D eigenvalue weighted by molar-refractivity contribution is 0.0163. The fraction of sp³-hybridized carbons (Fsp3) is 0.294. The van der Waals surface area contributed by atoms with E-state index in [4.69, 9.17) is 10.5 Å². The van der Waals surface area contributed by atoms with Gasteiger partial charge in [0, 0.05) is 12.2 Å². The minimum atomic E-state index is -1.31. The van der Waals surface area contributed by atoms with Crippen LogP contribution in [0.3, 0.4) is 0 Å². The zero-order chi connectivity index (χ0) is 17.5. The summed E-state index contributed by atoms with van der Waals surface area (Å²) in [6.07, 6.45) is -3.25. The second-order valence-corrected chi connectivity index (χ2v) is 5.38. The van der Waals surface area contributed by atoms with Crippen LogP contribution in [0.2, 0.25) is 0 Å². The number of carbonyl (C=O) groups is 1. The monoisotopic (exact) mass is 331 g/mol. The van der Waals surface area contributed by atoms with Crippen molar-refractivity contribution in [2.24, 2.45) is 0 Å². The topological polar surface area (TPSA) is 118 Å². The Hall–Kier alpha value is -2.64. The van der Waals surface area contributed by atoms with Crippen molar-refractivity contribution in [2.75, 3.05) is 12.3 Å². The van der Waals surface area contributed by atoms with Crippen molar-refractivity contribution in [2.45, 2.75) is 25.7 Å². The first-order valence-electron chi connectivity index (χ1n) is 7.51. The first-order valence-corrected chi connectivity index (χ1v) is 7.51. The van der Waals surface area contributed by atoms with E-state index in [2.05, 4.69) is 10.3 Å². The molecule has 1 aromatic heterocycles. The molecule has 1 heterocycles. The molecule has 0 spiro atoms. The number of alkyl carbamates (subject to hydrolysis) is 1. The first-order chi connectivity index (χ1) is 11.5. The summed E-state index contributed by atoms with van der Waals surface area (Å²) < 4.78 is 5.02. The van der Waals surface area contributed by atoms with Crippen molar-refractivity contribution < 1.29 is 19.7 Å². The molecule has 0 aliphatic carbocycles. The fourth-order valence-electron chi connectivity index (χ4n) is 2.08. The van der Waals surface area contributed by atoms with Gasteiger partial charge in [0.25, 0.3) is 0 Å². The maximum atomic E-state index is 11.6. The molecule has 0 fully saturated rings. The lowest BCUT2D eigenvalue weighted by Gasteiger charge is -2.19. The molecule has 2 rings (SSSR count). The number of aliphatic hydroxyl groups excluding tert-OH is 2. The number of benzene rings is 1. The van der Waals surface area contributed by atoms with Crippen LogP contribution < -0.4 is 11.1 Å². The highest BCUT2D eigenvalue weighted by atomic mass is 16.5. The van der Waals surface area contributed by atoms with Crippen molar-refractivity contribution in [3.8, 4) is 0 Å². The van der Waals surface area contributed by atoms with Crippen LogP contribution in [0.4, 0.5) is 10.5 Å². The van der Waals surface area contributed by atoms with Gasteiger partial charge in [0.2, 0.25) is 0 Å². The Morgan fingerprint density at radius 3 is 2.67 bits per heavy atom. The van der Waals surface area contributed by atoms with E-state index in [1.807, 2.05) is 30.3 Å². The van der Waals surface area contributed by atoms with E-state index in [9.17, 15) is 15.0 Å². The smallest absolute Gasteiger partial charge is 0.407 e. The molecule has 0 aliphatic rings. The highest BCUT2D eigenvalue weighted by Crippen LogP contribution is 2.21. The van der Waals surface area contributed by atoms with Crippen LogP contribution in [0, 0.1) is 6.92 Å². The average Bonchev–Trinajstić information content (AvgIpc) is 2.60. The third-order valence-electron chi connectivity index (χ3n) is 3.41. The zero-order valence-electron chi connectivity index (χ0n) is 13.3. The number of anilines is 1. The molecule has 0 bridgehead atoms. The van der Waals surface area contributed by atoms with E-state index in [0.717, 1.165) is 5.56 Å². The van der Waals surface area contributed by atoms with Gasteiger partial charge < -0.3 is 26.0 Å². The second-order valence-electron chi connectivity index (χ2n) is 5.38. The lowest BCUT2D eigenvalue weighted by atomic mass is 10.1. The number of nitrogens with zero attached hydrogens (tertiary/aromatic N) is 1. The molecule has 7 heteroatoms. The maximum Gasteiger partial charge on any atom is 0.407 e. The number of pyridine rings is 1. The Morgan fingerprint density at radius 1 is 1.25 bits per heavy atom. The van der Waals surface area contributed by atoms with Gasteiger partial charge in [-0.25, -0.2) is 4.79 Å². The van der Waals surface area contributed by atoms with Crippen LogP contribution in [0.15, 0.2) is 42.5 Å². The average molecular weight is 331 g/mol. The summed E-state index contributed by atoms with van der Waals surface area (Å²) in [5.41, 5.74) is 7.73. The van der Waals surface area contributed by atoms with Gasteiger partial charge in [-0.15, -0.1) is 0 Å². The molecule has 0 saturated carbocycles.